The Bertz CT molecular complexity index is 497. The summed E-state index contributed by atoms with van der Waals surface area (Å²) in [6.45, 7) is 6.17. The summed E-state index contributed by atoms with van der Waals surface area (Å²) in [6, 6.07) is 0.486. The summed E-state index contributed by atoms with van der Waals surface area (Å²) in [5.74, 6) is 0.591. The molecule has 8 heteroatoms. The van der Waals surface area contributed by atoms with Crippen LogP contribution in [0.4, 0.5) is 0 Å². The summed E-state index contributed by atoms with van der Waals surface area (Å²) in [5, 5.41) is 3.57. The van der Waals surface area contributed by atoms with Crippen molar-refractivity contribution in [3.63, 3.8) is 0 Å². The van der Waals surface area contributed by atoms with Gasteiger partial charge in [-0.15, -0.1) is 0 Å². The Morgan fingerprint density at radius 3 is 2.46 bits per heavy atom. The highest BCUT2D eigenvalue weighted by molar-refractivity contribution is 7.89. The van der Waals surface area contributed by atoms with E-state index in [0.717, 1.165) is 25.3 Å². The standard InChI is InChI=1S/C16H31N3O4S/c1-13(2)23-9-10-24(21,22)18-12-16(20)19-7-5-15(6-8-19)17-11-14-3-4-14/h13-15,17-18H,3-12H2,1-2H3. The lowest BCUT2D eigenvalue weighted by molar-refractivity contribution is -0.131. The van der Waals surface area contributed by atoms with Crippen molar-refractivity contribution in [3.8, 4) is 0 Å². The van der Waals surface area contributed by atoms with Crippen LogP contribution >= 0.6 is 0 Å². The lowest BCUT2D eigenvalue weighted by atomic mass is 10.0. The third kappa shape index (κ3) is 7.46. The monoisotopic (exact) mass is 361 g/mol. The van der Waals surface area contributed by atoms with Crippen molar-refractivity contribution in [3.05, 3.63) is 0 Å². The van der Waals surface area contributed by atoms with E-state index in [1.54, 1.807) is 4.90 Å². The van der Waals surface area contributed by atoms with E-state index in [4.69, 9.17) is 4.74 Å². The van der Waals surface area contributed by atoms with Gasteiger partial charge in [-0.2, -0.15) is 0 Å². The number of likely N-dealkylation sites (tertiary alicyclic amines) is 1. The molecule has 24 heavy (non-hydrogen) atoms. The molecule has 1 saturated carbocycles. The minimum atomic E-state index is -3.47. The van der Waals surface area contributed by atoms with Crippen molar-refractivity contribution in [1.29, 1.82) is 0 Å². The van der Waals surface area contributed by atoms with E-state index < -0.39 is 10.0 Å². The molecule has 0 aromatic carbocycles. The van der Waals surface area contributed by atoms with Crippen molar-refractivity contribution >= 4 is 15.9 Å². The smallest absolute Gasteiger partial charge is 0.237 e. The number of ether oxygens (including phenoxy) is 1. The largest absolute Gasteiger partial charge is 0.378 e. The van der Waals surface area contributed by atoms with Crippen LogP contribution in [0.5, 0.6) is 0 Å². The predicted octanol–water partition coefficient (Wildman–Crippen LogP) is 0.321. The Hall–Kier alpha value is -0.700. The second-order valence-corrected chi connectivity index (χ2v) is 8.99. The maximum atomic E-state index is 12.2. The molecule has 2 rings (SSSR count). The highest BCUT2D eigenvalue weighted by Gasteiger charge is 2.26. The summed E-state index contributed by atoms with van der Waals surface area (Å²) in [7, 11) is -3.47. The zero-order valence-corrected chi connectivity index (χ0v) is 15.6. The average Bonchev–Trinajstić information content (AvgIpc) is 3.35. The van der Waals surface area contributed by atoms with Crippen molar-refractivity contribution in [2.24, 2.45) is 5.92 Å². The fourth-order valence-corrected chi connectivity index (χ4v) is 3.54. The van der Waals surface area contributed by atoms with Crippen LogP contribution in [0.15, 0.2) is 0 Å². The van der Waals surface area contributed by atoms with Gasteiger partial charge in [0.2, 0.25) is 15.9 Å². The number of carbonyl (C=O) groups is 1. The number of piperidine rings is 1. The number of hydrogen-bond acceptors (Lipinski definition) is 5. The second-order valence-electron chi connectivity index (χ2n) is 7.07. The number of rotatable bonds is 10. The van der Waals surface area contributed by atoms with Crippen LogP contribution in [0.25, 0.3) is 0 Å². The van der Waals surface area contributed by atoms with Gasteiger partial charge in [0.15, 0.2) is 0 Å². The molecular weight excluding hydrogens is 330 g/mol. The molecule has 2 aliphatic rings. The number of amides is 1. The van der Waals surface area contributed by atoms with Crippen molar-refractivity contribution < 1.29 is 17.9 Å². The van der Waals surface area contributed by atoms with E-state index in [0.29, 0.717) is 19.1 Å². The molecular formula is C16H31N3O4S. The van der Waals surface area contributed by atoms with Gasteiger partial charge < -0.3 is 15.0 Å². The minimum Gasteiger partial charge on any atom is -0.378 e. The lowest BCUT2D eigenvalue weighted by Crippen LogP contribution is -2.48. The molecule has 0 bridgehead atoms. The zero-order chi connectivity index (χ0) is 17.6. The summed E-state index contributed by atoms with van der Waals surface area (Å²) in [5.41, 5.74) is 0. The Balaban J connectivity index is 1.61. The SMILES string of the molecule is CC(C)OCCS(=O)(=O)NCC(=O)N1CCC(NCC2CC2)CC1. The van der Waals surface area contributed by atoms with Gasteiger partial charge in [-0.25, -0.2) is 13.1 Å². The first kappa shape index (κ1) is 19.6. The van der Waals surface area contributed by atoms with Gasteiger partial charge in [-0.3, -0.25) is 4.79 Å². The van der Waals surface area contributed by atoms with Gasteiger partial charge in [0.05, 0.1) is 25.0 Å². The molecule has 140 valence electrons. The predicted molar refractivity (Wildman–Crippen MR) is 93.2 cm³/mol. The van der Waals surface area contributed by atoms with Crippen LogP contribution in [0.1, 0.15) is 39.5 Å². The zero-order valence-electron chi connectivity index (χ0n) is 14.8. The van der Waals surface area contributed by atoms with E-state index in [2.05, 4.69) is 10.0 Å². The second kappa shape index (κ2) is 9.12. The Morgan fingerprint density at radius 2 is 1.88 bits per heavy atom. The van der Waals surface area contributed by atoms with Crippen LogP contribution in [-0.2, 0) is 19.6 Å². The van der Waals surface area contributed by atoms with Crippen LogP contribution in [0, 0.1) is 5.92 Å². The minimum absolute atomic E-state index is 0.00310. The molecule has 0 aromatic rings. The number of carbonyl (C=O) groups excluding carboxylic acids is 1. The van der Waals surface area contributed by atoms with Crippen molar-refractivity contribution in [2.75, 3.05) is 38.5 Å². The van der Waals surface area contributed by atoms with Crippen molar-refractivity contribution in [2.45, 2.75) is 51.7 Å². The Labute approximate surface area is 145 Å². The van der Waals surface area contributed by atoms with E-state index >= 15 is 0 Å². The van der Waals surface area contributed by atoms with E-state index in [9.17, 15) is 13.2 Å². The molecule has 1 aliphatic carbocycles. The highest BCUT2D eigenvalue weighted by atomic mass is 32.2. The average molecular weight is 362 g/mol. The summed E-state index contributed by atoms with van der Waals surface area (Å²) in [4.78, 5) is 13.9. The summed E-state index contributed by atoms with van der Waals surface area (Å²) in [6.07, 6.45) is 4.55. The highest BCUT2D eigenvalue weighted by Crippen LogP contribution is 2.28. The van der Waals surface area contributed by atoms with Crippen LogP contribution in [0.2, 0.25) is 0 Å². The molecule has 0 spiro atoms. The molecule has 2 N–H and O–H groups in total. The molecule has 0 unspecified atom stereocenters. The maximum absolute atomic E-state index is 12.2. The fraction of sp³-hybridized carbons (Fsp3) is 0.938. The van der Waals surface area contributed by atoms with Crippen LogP contribution < -0.4 is 10.0 Å². The first-order chi connectivity index (χ1) is 11.4. The van der Waals surface area contributed by atoms with Gasteiger partial charge in [0, 0.05) is 19.1 Å². The molecule has 1 saturated heterocycles. The number of nitrogens with zero attached hydrogens (tertiary/aromatic N) is 1. The third-order valence-electron chi connectivity index (χ3n) is 4.49. The molecule has 7 nitrogen and oxygen atoms in total. The van der Waals surface area contributed by atoms with Crippen molar-refractivity contribution in [1.82, 2.24) is 14.9 Å². The third-order valence-corrected chi connectivity index (χ3v) is 5.77. The first-order valence-electron chi connectivity index (χ1n) is 8.96. The van der Waals surface area contributed by atoms with Gasteiger partial charge in [-0.1, -0.05) is 0 Å². The maximum Gasteiger partial charge on any atom is 0.237 e. The number of nitrogens with one attached hydrogen (secondary N) is 2. The van der Waals surface area contributed by atoms with E-state index in [1.807, 2.05) is 13.8 Å². The van der Waals surface area contributed by atoms with Gasteiger partial charge in [0.25, 0.3) is 0 Å². The molecule has 1 amide bonds. The normalized spacial score (nSPS) is 19.9. The Morgan fingerprint density at radius 1 is 1.21 bits per heavy atom. The quantitative estimate of drug-likeness (QED) is 0.585. The molecule has 1 heterocycles. The molecule has 0 aromatic heterocycles. The summed E-state index contributed by atoms with van der Waals surface area (Å²) >= 11 is 0. The van der Waals surface area contributed by atoms with Crippen LogP contribution in [0.3, 0.4) is 0 Å². The number of hydrogen-bond donors (Lipinski definition) is 2. The Kier molecular flexibility index (Phi) is 7.46. The summed E-state index contributed by atoms with van der Waals surface area (Å²) < 4.78 is 31.3. The van der Waals surface area contributed by atoms with Gasteiger partial charge >= 0.3 is 0 Å². The lowest BCUT2D eigenvalue weighted by Gasteiger charge is -2.32. The fourth-order valence-electron chi connectivity index (χ4n) is 2.74. The van der Waals surface area contributed by atoms with Gasteiger partial charge in [0.1, 0.15) is 0 Å². The molecule has 0 radical (unpaired) electrons. The molecule has 1 aliphatic heterocycles. The van der Waals surface area contributed by atoms with Crippen LogP contribution in [-0.4, -0.2) is 69.9 Å². The van der Waals surface area contributed by atoms with E-state index in [-0.39, 0.29) is 30.9 Å². The number of sulfonamides is 1. The van der Waals surface area contributed by atoms with E-state index in [1.165, 1.54) is 12.8 Å². The molecule has 0 atom stereocenters. The van der Waals surface area contributed by atoms with Gasteiger partial charge in [-0.05, 0) is 52.0 Å². The first-order valence-corrected chi connectivity index (χ1v) is 10.6. The topological polar surface area (TPSA) is 87.7 Å². The molecule has 2 fully saturated rings.